The van der Waals surface area contributed by atoms with Crippen molar-refractivity contribution in [1.29, 1.82) is 0 Å². The molecular weight excluding hydrogens is 633 g/mol. The highest BCUT2D eigenvalue weighted by Gasteiger charge is 2.41. The van der Waals surface area contributed by atoms with Gasteiger partial charge in [0.15, 0.2) is 0 Å². The molecule has 0 amide bonds. The number of hydrogen-bond donors (Lipinski definition) is 0. The second kappa shape index (κ2) is 10.6. The van der Waals surface area contributed by atoms with Crippen LogP contribution in [0.1, 0.15) is 37.7 Å². The van der Waals surface area contributed by atoms with E-state index >= 15 is 0 Å². The summed E-state index contributed by atoms with van der Waals surface area (Å²) in [5.74, 6) is 1.07. The first-order valence-corrected chi connectivity index (χ1v) is 18.3. The number of imidazole rings is 1. The average molecular weight is 669 g/mol. The van der Waals surface area contributed by atoms with Crippen molar-refractivity contribution in [3.05, 3.63) is 169 Å². The standard InChI is InChI=1S/C48H36N4/c1-4-41-49-37-22-12-15-25-40(37)50(41)31-26-28-32(29-27-31)52-39-24-14-10-20-35(39)44-46(52)42-33-18-8-11-21-36(33)48(2,3)45(42)43-34-19-9-13-23-38(34)51(47(43)44)30-16-6-5-7-17-30/h5-29H,4H2,1-3H3. The van der Waals surface area contributed by atoms with Crippen LogP contribution in [0, 0.1) is 0 Å². The van der Waals surface area contributed by atoms with Gasteiger partial charge in [0, 0.05) is 56.0 Å². The zero-order valence-electron chi connectivity index (χ0n) is 29.4. The highest BCUT2D eigenvalue weighted by atomic mass is 15.1. The van der Waals surface area contributed by atoms with Gasteiger partial charge in [0.2, 0.25) is 0 Å². The lowest BCUT2D eigenvalue weighted by atomic mass is 9.80. The van der Waals surface area contributed by atoms with Gasteiger partial charge in [0.25, 0.3) is 0 Å². The van der Waals surface area contributed by atoms with E-state index in [-0.39, 0.29) is 5.41 Å². The van der Waals surface area contributed by atoms with E-state index in [2.05, 4.69) is 186 Å². The summed E-state index contributed by atoms with van der Waals surface area (Å²) in [6.45, 7) is 7.01. The number of benzene rings is 7. The van der Waals surface area contributed by atoms with E-state index in [4.69, 9.17) is 4.98 Å². The molecule has 0 spiro atoms. The van der Waals surface area contributed by atoms with Gasteiger partial charge in [-0.15, -0.1) is 0 Å². The van der Waals surface area contributed by atoms with E-state index in [9.17, 15) is 0 Å². The van der Waals surface area contributed by atoms with E-state index < -0.39 is 0 Å². The van der Waals surface area contributed by atoms with Crippen LogP contribution >= 0.6 is 0 Å². The van der Waals surface area contributed by atoms with Crippen LogP contribution in [-0.2, 0) is 11.8 Å². The second-order valence-electron chi connectivity index (χ2n) is 14.6. The highest BCUT2D eigenvalue weighted by Crippen LogP contribution is 2.58. The third-order valence-corrected chi connectivity index (χ3v) is 11.5. The molecule has 11 rings (SSSR count). The summed E-state index contributed by atoms with van der Waals surface area (Å²) < 4.78 is 7.36. The summed E-state index contributed by atoms with van der Waals surface area (Å²) in [4.78, 5) is 4.97. The first-order valence-electron chi connectivity index (χ1n) is 18.3. The van der Waals surface area contributed by atoms with Gasteiger partial charge in [-0.3, -0.25) is 4.57 Å². The molecule has 7 aromatic carbocycles. The third-order valence-electron chi connectivity index (χ3n) is 11.5. The molecular formula is C48H36N4. The van der Waals surface area contributed by atoms with E-state index in [0.29, 0.717) is 0 Å². The summed E-state index contributed by atoms with van der Waals surface area (Å²) in [6, 6.07) is 55.5. The average Bonchev–Trinajstić information content (AvgIpc) is 3.90. The molecule has 0 saturated carbocycles. The van der Waals surface area contributed by atoms with Crippen LogP contribution in [0.4, 0.5) is 0 Å². The van der Waals surface area contributed by atoms with Crippen molar-refractivity contribution < 1.29 is 0 Å². The lowest BCUT2D eigenvalue weighted by Crippen LogP contribution is -2.15. The quantitative estimate of drug-likeness (QED) is 0.183. The maximum Gasteiger partial charge on any atom is 0.114 e. The molecule has 4 nitrogen and oxygen atoms in total. The van der Waals surface area contributed by atoms with Crippen molar-refractivity contribution in [2.75, 3.05) is 0 Å². The molecule has 3 aromatic heterocycles. The van der Waals surface area contributed by atoms with Gasteiger partial charge in [0.05, 0.1) is 33.1 Å². The first-order chi connectivity index (χ1) is 25.6. The Balaban J connectivity index is 1.32. The Kier molecular flexibility index (Phi) is 5.96. The van der Waals surface area contributed by atoms with Crippen LogP contribution in [0.15, 0.2) is 152 Å². The Morgan fingerprint density at radius 2 is 1.04 bits per heavy atom. The van der Waals surface area contributed by atoms with Gasteiger partial charge in [-0.2, -0.15) is 0 Å². The van der Waals surface area contributed by atoms with Crippen LogP contribution < -0.4 is 0 Å². The zero-order chi connectivity index (χ0) is 34.7. The highest BCUT2D eigenvalue weighted by molar-refractivity contribution is 6.31. The Hall–Kier alpha value is -6.39. The maximum atomic E-state index is 4.97. The minimum Gasteiger partial charge on any atom is -0.309 e. The van der Waals surface area contributed by atoms with Crippen LogP contribution in [0.3, 0.4) is 0 Å². The molecule has 0 unspecified atom stereocenters. The fraction of sp³-hybridized carbons (Fsp3) is 0.104. The Labute approximate surface area is 301 Å². The predicted molar refractivity (Wildman–Crippen MR) is 217 cm³/mol. The van der Waals surface area contributed by atoms with E-state index in [0.717, 1.165) is 34.7 Å². The molecule has 1 aliphatic carbocycles. The molecule has 0 bridgehead atoms. The summed E-state index contributed by atoms with van der Waals surface area (Å²) in [6.07, 6.45) is 0.857. The largest absolute Gasteiger partial charge is 0.309 e. The molecule has 0 atom stereocenters. The lowest BCUT2D eigenvalue weighted by Gasteiger charge is -2.23. The Morgan fingerprint density at radius 3 is 1.75 bits per heavy atom. The molecule has 248 valence electrons. The van der Waals surface area contributed by atoms with Crippen LogP contribution in [0.5, 0.6) is 0 Å². The fourth-order valence-corrected chi connectivity index (χ4v) is 9.42. The zero-order valence-corrected chi connectivity index (χ0v) is 29.4. The second-order valence-corrected chi connectivity index (χ2v) is 14.6. The monoisotopic (exact) mass is 668 g/mol. The minimum atomic E-state index is -0.214. The predicted octanol–water partition coefficient (Wildman–Crippen LogP) is 12.1. The maximum absolute atomic E-state index is 4.97. The SMILES string of the molecule is CCc1nc2ccccc2n1-c1ccc(-n2c3ccccc3c3c2c2c(c4c5ccccc5n(-c5ccccc5)c43)C(C)(C)c3ccccc3-2)cc1. The summed E-state index contributed by atoms with van der Waals surface area (Å²) >= 11 is 0. The van der Waals surface area contributed by atoms with Gasteiger partial charge in [-0.1, -0.05) is 112 Å². The molecule has 0 radical (unpaired) electrons. The van der Waals surface area contributed by atoms with Crippen molar-refractivity contribution in [2.45, 2.75) is 32.6 Å². The smallest absolute Gasteiger partial charge is 0.114 e. The van der Waals surface area contributed by atoms with Gasteiger partial charge in [0.1, 0.15) is 5.82 Å². The van der Waals surface area contributed by atoms with Crippen LogP contribution in [0.2, 0.25) is 0 Å². The molecule has 0 saturated heterocycles. The number of aryl methyl sites for hydroxylation is 1. The third kappa shape index (κ3) is 3.73. The van der Waals surface area contributed by atoms with Crippen molar-refractivity contribution in [3.8, 4) is 28.2 Å². The van der Waals surface area contributed by atoms with E-state index in [1.54, 1.807) is 0 Å². The van der Waals surface area contributed by atoms with Gasteiger partial charge in [-0.25, -0.2) is 4.98 Å². The number of hydrogen-bond acceptors (Lipinski definition) is 1. The molecule has 0 aliphatic heterocycles. The fourth-order valence-electron chi connectivity index (χ4n) is 9.42. The summed E-state index contributed by atoms with van der Waals surface area (Å²) in [7, 11) is 0. The molecule has 0 N–H and O–H groups in total. The van der Waals surface area contributed by atoms with Gasteiger partial charge in [-0.05, 0) is 77.4 Å². The number of para-hydroxylation sites is 5. The number of aromatic nitrogens is 4. The Morgan fingerprint density at radius 1 is 0.500 bits per heavy atom. The number of rotatable bonds is 4. The first kappa shape index (κ1) is 29.4. The van der Waals surface area contributed by atoms with E-state index in [1.165, 1.54) is 71.6 Å². The summed E-state index contributed by atoms with van der Waals surface area (Å²) in [5, 5.41) is 5.18. The van der Waals surface area contributed by atoms with Crippen molar-refractivity contribution in [1.82, 2.24) is 18.7 Å². The number of fused-ring (bicyclic) bond motifs is 13. The lowest BCUT2D eigenvalue weighted by molar-refractivity contribution is 0.667. The Bertz CT molecular complexity index is 3060. The molecule has 1 aliphatic rings. The molecule has 0 fully saturated rings. The topological polar surface area (TPSA) is 27.7 Å². The summed E-state index contributed by atoms with van der Waals surface area (Å²) in [5.41, 5.74) is 15.8. The molecule has 3 heterocycles. The molecule has 4 heteroatoms. The van der Waals surface area contributed by atoms with E-state index in [1.807, 2.05) is 0 Å². The molecule has 52 heavy (non-hydrogen) atoms. The van der Waals surface area contributed by atoms with Crippen LogP contribution in [0.25, 0.3) is 82.8 Å². The number of nitrogens with zero attached hydrogens (tertiary/aromatic N) is 4. The minimum absolute atomic E-state index is 0.214. The van der Waals surface area contributed by atoms with Crippen molar-refractivity contribution >= 4 is 54.6 Å². The van der Waals surface area contributed by atoms with Crippen LogP contribution in [-0.4, -0.2) is 18.7 Å². The van der Waals surface area contributed by atoms with Gasteiger partial charge >= 0.3 is 0 Å². The molecule has 10 aromatic rings. The van der Waals surface area contributed by atoms with Gasteiger partial charge < -0.3 is 9.13 Å². The van der Waals surface area contributed by atoms with Crippen molar-refractivity contribution in [2.24, 2.45) is 0 Å². The van der Waals surface area contributed by atoms with Crippen molar-refractivity contribution in [3.63, 3.8) is 0 Å². The normalized spacial score (nSPS) is 13.5.